The van der Waals surface area contributed by atoms with Gasteiger partial charge in [-0.05, 0) is 36.1 Å². The van der Waals surface area contributed by atoms with Gasteiger partial charge in [-0.25, -0.2) is 4.99 Å². The van der Waals surface area contributed by atoms with Crippen molar-refractivity contribution in [3.8, 4) is 5.75 Å². The molecule has 2 aromatic rings. The van der Waals surface area contributed by atoms with Crippen molar-refractivity contribution in [2.75, 3.05) is 26.3 Å². The van der Waals surface area contributed by atoms with E-state index in [0.717, 1.165) is 24.6 Å². The number of rotatable bonds is 12. The second-order valence-electron chi connectivity index (χ2n) is 7.08. The molecule has 1 atom stereocenters. The van der Waals surface area contributed by atoms with Gasteiger partial charge in [-0.3, -0.25) is 4.79 Å². The number of nitrogens with zero attached hydrogens (tertiary/aromatic N) is 1. The van der Waals surface area contributed by atoms with Gasteiger partial charge in [-0.2, -0.15) is 0 Å². The zero-order valence-electron chi connectivity index (χ0n) is 17.8. The average molecular weight is 413 g/mol. The van der Waals surface area contributed by atoms with Crippen LogP contribution < -0.4 is 21.1 Å². The van der Waals surface area contributed by atoms with E-state index >= 15 is 0 Å². The Morgan fingerprint density at radius 3 is 2.60 bits per heavy atom. The molecule has 0 aliphatic heterocycles. The van der Waals surface area contributed by atoms with Crippen LogP contribution in [0.2, 0.25) is 0 Å². The first kappa shape index (κ1) is 23.2. The molecule has 0 aliphatic carbocycles. The highest BCUT2D eigenvalue weighted by Crippen LogP contribution is 2.14. The zero-order chi connectivity index (χ0) is 21.6. The van der Waals surface area contributed by atoms with Crippen molar-refractivity contribution >= 4 is 11.9 Å². The fourth-order valence-electron chi connectivity index (χ4n) is 2.68. The summed E-state index contributed by atoms with van der Waals surface area (Å²) in [5, 5.41) is 6.61. The summed E-state index contributed by atoms with van der Waals surface area (Å²) in [4.78, 5) is 15.5. The maximum Gasteiger partial charge on any atom is 0.255 e. The van der Waals surface area contributed by atoms with E-state index < -0.39 is 5.91 Å². The van der Waals surface area contributed by atoms with E-state index in [0.29, 0.717) is 31.4 Å². The molecule has 7 heteroatoms. The second kappa shape index (κ2) is 13.2. The summed E-state index contributed by atoms with van der Waals surface area (Å²) in [5.41, 5.74) is 7.27. The maximum atomic E-state index is 10.9. The lowest BCUT2D eigenvalue weighted by molar-refractivity contribution is -0.119. The number of benzene rings is 2. The number of aliphatic imine (C=N–C) groups is 1. The first-order valence-electron chi connectivity index (χ1n) is 10.2. The van der Waals surface area contributed by atoms with Gasteiger partial charge in [0.1, 0.15) is 5.75 Å². The van der Waals surface area contributed by atoms with Crippen molar-refractivity contribution in [2.45, 2.75) is 27.0 Å². The van der Waals surface area contributed by atoms with E-state index in [2.05, 4.69) is 34.7 Å². The third-order valence-electron chi connectivity index (χ3n) is 4.18. The number of hydrogen-bond donors (Lipinski definition) is 3. The van der Waals surface area contributed by atoms with Gasteiger partial charge in [0.25, 0.3) is 5.91 Å². The topological polar surface area (TPSA) is 98.0 Å². The molecular weight excluding hydrogens is 380 g/mol. The van der Waals surface area contributed by atoms with Crippen molar-refractivity contribution in [1.82, 2.24) is 10.6 Å². The molecule has 1 unspecified atom stereocenters. The molecule has 0 fully saturated rings. The first-order chi connectivity index (χ1) is 14.6. The molecular formula is C23H32N4O3. The Bertz CT molecular complexity index is 796. The SMILES string of the molecule is CCNC(=NCc1cccc(OCC(N)=O)c1)NCC(C)COCc1ccccc1. The lowest BCUT2D eigenvalue weighted by atomic mass is 10.2. The molecule has 4 N–H and O–H groups in total. The molecule has 0 radical (unpaired) electrons. The van der Waals surface area contributed by atoms with Crippen molar-refractivity contribution in [2.24, 2.45) is 16.6 Å². The summed E-state index contributed by atoms with van der Waals surface area (Å²) >= 11 is 0. The predicted octanol–water partition coefficient (Wildman–Crippen LogP) is 2.46. The van der Waals surface area contributed by atoms with Crippen LogP contribution in [0.25, 0.3) is 0 Å². The van der Waals surface area contributed by atoms with Crippen LogP contribution in [0.3, 0.4) is 0 Å². The van der Waals surface area contributed by atoms with Crippen molar-refractivity contribution in [3.05, 3.63) is 65.7 Å². The van der Waals surface area contributed by atoms with Crippen LogP contribution in [0.4, 0.5) is 0 Å². The van der Waals surface area contributed by atoms with Gasteiger partial charge in [0.05, 0.1) is 19.8 Å². The van der Waals surface area contributed by atoms with E-state index in [1.54, 1.807) is 6.07 Å². The van der Waals surface area contributed by atoms with Crippen LogP contribution in [-0.2, 0) is 22.7 Å². The van der Waals surface area contributed by atoms with E-state index in [4.69, 9.17) is 15.2 Å². The summed E-state index contributed by atoms with van der Waals surface area (Å²) in [6, 6.07) is 17.6. The minimum atomic E-state index is -0.501. The fraction of sp³-hybridized carbons (Fsp3) is 0.391. The normalized spacial score (nSPS) is 12.3. The Labute approximate surface area is 178 Å². The summed E-state index contributed by atoms with van der Waals surface area (Å²) in [6.07, 6.45) is 0. The first-order valence-corrected chi connectivity index (χ1v) is 10.2. The molecule has 7 nitrogen and oxygen atoms in total. The number of guanidine groups is 1. The van der Waals surface area contributed by atoms with E-state index in [9.17, 15) is 4.79 Å². The Hall–Kier alpha value is -3.06. The van der Waals surface area contributed by atoms with Gasteiger partial charge in [0.15, 0.2) is 12.6 Å². The quantitative estimate of drug-likeness (QED) is 0.367. The van der Waals surface area contributed by atoms with Gasteiger partial charge in [-0.15, -0.1) is 0 Å². The molecule has 0 heterocycles. The van der Waals surface area contributed by atoms with Gasteiger partial charge < -0.3 is 25.8 Å². The summed E-state index contributed by atoms with van der Waals surface area (Å²) in [5.74, 6) is 1.18. The van der Waals surface area contributed by atoms with Gasteiger partial charge in [0.2, 0.25) is 0 Å². The van der Waals surface area contributed by atoms with Crippen LogP contribution in [0, 0.1) is 5.92 Å². The smallest absolute Gasteiger partial charge is 0.255 e. The number of primary amides is 1. The Kier molecular flexibility index (Phi) is 10.2. The molecule has 1 amide bonds. The molecule has 2 aromatic carbocycles. The number of carbonyl (C=O) groups is 1. The molecule has 162 valence electrons. The number of hydrogen-bond acceptors (Lipinski definition) is 4. The predicted molar refractivity (Wildman–Crippen MR) is 119 cm³/mol. The molecule has 0 aliphatic rings. The third-order valence-corrected chi connectivity index (χ3v) is 4.18. The fourth-order valence-corrected chi connectivity index (χ4v) is 2.68. The molecule has 2 rings (SSSR count). The van der Waals surface area contributed by atoms with Crippen LogP contribution in [0.15, 0.2) is 59.6 Å². The highest BCUT2D eigenvalue weighted by Gasteiger charge is 2.05. The molecule has 0 bridgehead atoms. The molecule has 0 spiro atoms. The Morgan fingerprint density at radius 1 is 1.10 bits per heavy atom. The Morgan fingerprint density at radius 2 is 1.87 bits per heavy atom. The van der Waals surface area contributed by atoms with E-state index in [1.165, 1.54) is 5.56 Å². The summed E-state index contributed by atoms with van der Waals surface area (Å²) in [7, 11) is 0. The largest absolute Gasteiger partial charge is 0.484 e. The van der Waals surface area contributed by atoms with Crippen LogP contribution in [-0.4, -0.2) is 38.2 Å². The highest BCUT2D eigenvalue weighted by molar-refractivity contribution is 5.79. The maximum absolute atomic E-state index is 10.9. The van der Waals surface area contributed by atoms with Gasteiger partial charge in [-0.1, -0.05) is 49.4 Å². The molecule has 0 saturated heterocycles. The number of amides is 1. The highest BCUT2D eigenvalue weighted by atomic mass is 16.5. The van der Waals surface area contributed by atoms with Crippen molar-refractivity contribution in [3.63, 3.8) is 0 Å². The van der Waals surface area contributed by atoms with E-state index in [1.807, 2.05) is 43.3 Å². The Balaban J connectivity index is 1.79. The number of carbonyl (C=O) groups excluding carboxylic acids is 1. The zero-order valence-corrected chi connectivity index (χ0v) is 17.8. The van der Waals surface area contributed by atoms with Crippen molar-refractivity contribution < 1.29 is 14.3 Å². The average Bonchev–Trinajstić information content (AvgIpc) is 2.75. The standard InChI is InChI=1S/C23H32N4O3/c1-3-25-23(26-13-18(2)15-29-16-19-8-5-4-6-9-19)27-14-20-10-7-11-21(12-20)30-17-22(24)28/h4-12,18H,3,13-17H2,1-2H3,(H2,24,28)(H2,25,26,27). The minimum Gasteiger partial charge on any atom is -0.484 e. The molecule has 0 saturated carbocycles. The summed E-state index contributed by atoms with van der Waals surface area (Å²) < 4.78 is 11.2. The lowest BCUT2D eigenvalue weighted by Gasteiger charge is -2.16. The van der Waals surface area contributed by atoms with Crippen LogP contribution >= 0.6 is 0 Å². The van der Waals surface area contributed by atoms with E-state index in [-0.39, 0.29) is 6.61 Å². The number of nitrogens with one attached hydrogen (secondary N) is 2. The van der Waals surface area contributed by atoms with Gasteiger partial charge >= 0.3 is 0 Å². The minimum absolute atomic E-state index is 0.138. The monoisotopic (exact) mass is 412 g/mol. The molecule has 30 heavy (non-hydrogen) atoms. The number of ether oxygens (including phenoxy) is 2. The van der Waals surface area contributed by atoms with Crippen molar-refractivity contribution in [1.29, 1.82) is 0 Å². The summed E-state index contributed by atoms with van der Waals surface area (Å²) in [6.45, 7) is 7.33. The third kappa shape index (κ3) is 9.43. The van der Waals surface area contributed by atoms with Gasteiger partial charge in [0, 0.05) is 13.1 Å². The second-order valence-corrected chi connectivity index (χ2v) is 7.08. The van der Waals surface area contributed by atoms with Crippen LogP contribution in [0.1, 0.15) is 25.0 Å². The number of nitrogens with two attached hydrogens (primary N) is 1. The van der Waals surface area contributed by atoms with Crippen LogP contribution in [0.5, 0.6) is 5.75 Å². The lowest BCUT2D eigenvalue weighted by Crippen LogP contribution is -2.40. The molecule has 0 aromatic heterocycles.